The van der Waals surface area contributed by atoms with E-state index in [4.69, 9.17) is 9.47 Å². The Hall–Kier alpha value is -3.05. The largest absolute Gasteiger partial charge is 0.497 e. The van der Waals surface area contributed by atoms with Crippen LogP contribution in [0.3, 0.4) is 0 Å². The number of amides is 1. The van der Waals surface area contributed by atoms with Gasteiger partial charge in [0.05, 0.1) is 7.11 Å². The number of piperazine rings is 1. The van der Waals surface area contributed by atoms with E-state index in [2.05, 4.69) is 4.90 Å². The molecule has 5 heteroatoms. The molecule has 150 valence electrons. The van der Waals surface area contributed by atoms with Gasteiger partial charge in [0.15, 0.2) is 0 Å². The van der Waals surface area contributed by atoms with E-state index in [0.29, 0.717) is 6.61 Å². The first-order valence-corrected chi connectivity index (χ1v) is 10.0. The summed E-state index contributed by atoms with van der Waals surface area (Å²) in [5, 5.41) is 2.13. The van der Waals surface area contributed by atoms with E-state index < -0.39 is 0 Å². The maximum atomic E-state index is 13.0. The molecule has 0 bridgehead atoms. The van der Waals surface area contributed by atoms with Crippen LogP contribution in [0.2, 0.25) is 0 Å². The minimum atomic E-state index is 0.121. The molecule has 3 aromatic rings. The molecule has 0 unspecified atom stereocenters. The molecule has 0 spiro atoms. The van der Waals surface area contributed by atoms with E-state index in [1.54, 1.807) is 7.11 Å². The molecule has 3 aromatic carbocycles. The second-order valence-corrected chi connectivity index (χ2v) is 7.18. The molecular weight excluding hydrogens is 364 g/mol. The maximum absolute atomic E-state index is 13.0. The summed E-state index contributed by atoms with van der Waals surface area (Å²) in [5.74, 6) is 1.79. The van der Waals surface area contributed by atoms with Crippen molar-refractivity contribution in [3.63, 3.8) is 0 Å². The summed E-state index contributed by atoms with van der Waals surface area (Å²) in [5.41, 5.74) is 0.791. The van der Waals surface area contributed by atoms with Crippen molar-refractivity contribution in [1.29, 1.82) is 0 Å². The second-order valence-electron chi connectivity index (χ2n) is 7.18. The highest BCUT2D eigenvalue weighted by molar-refractivity contribution is 6.07. The second kappa shape index (κ2) is 8.97. The Balaban J connectivity index is 1.28. The molecule has 1 fully saturated rings. The minimum absolute atomic E-state index is 0.121. The molecule has 0 saturated carbocycles. The van der Waals surface area contributed by atoms with Crippen LogP contribution in [0.5, 0.6) is 11.5 Å². The Morgan fingerprint density at radius 1 is 0.862 bits per heavy atom. The zero-order valence-electron chi connectivity index (χ0n) is 16.7. The summed E-state index contributed by atoms with van der Waals surface area (Å²) >= 11 is 0. The smallest absolute Gasteiger partial charge is 0.254 e. The monoisotopic (exact) mass is 390 g/mol. The average molecular weight is 390 g/mol. The summed E-state index contributed by atoms with van der Waals surface area (Å²) in [6.45, 7) is 4.69. The van der Waals surface area contributed by atoms with E-state index in [-0.39, 0.29) is 5.91 Å². The standard InChI is InChI=1S/C24H26N2O3/c1-28-20-9-11-21(12-10-20)29-18-17-25-13-15-26(16-14-25)24(27)23-8-4-6-19-5-2-3-7-22(19)23/h2-12H,13-18H2,1H3. The molecule has 1 amide bonds. The lowest BCUT2D eigenvalue weighted by Crippen LogP contribution is -2.49. The zero-order chi connectivity index (χ0) is 20.1. The number of nitrogens with zero attached hydrogens (tertiary/aromatic N) is 2. The minimum Gasteiger partial charge on any atom is -0.497 e. The van der Waals surface area contributed by atoms with Gasteiger partial charge in [0.1, 0.15) is 18.1 Å². The van der Waals surface area contributed by atoms with E-state index in [9.17, 15) is 4.79 Å². The highest BCUT2D eigenvalue weighted by atomic mass is 16.5. The van der Waals surface area contributed by atoms with Gasteiger partial charge in [-0.2, -0.15) is 0 Å². The molecule has 4 rings (SSSR count). The highest BCUT2D eigenvalue weighted by Crippen LogP contribution is 2.21. The van der Waals surface area contributed by atoms with Crippen LogP contribution >= 0.6 is 0 Å². The van der Waals surface area contributed by atoms with Crippen molar-refractivity contribution in [1.82, 2.24) is 9.80 Å². The average Bonchev–Trinajstić information content (AvgIpc) is 2.79. The van der Waals surface area contributed by atoms with Crippen LogP contribution < -0.4 is 9.47 Å². The van der Waals surface area contributed by atoms with E-state index in [1.807, 2.05) is 71.6 Å². The van der Waals surface area contributed by atoms with Gasteiger partial charge in [-0.05, 0) is 41.1 Å². The number of rotatable bonds is 6. The number of methoxy groups -OCH3 is 1. The van der Waals surface area contributed by atoms with Gasteiger partial charge in [-0.3, -0.25) is 9.69 Å². The summed E-state index contributed by atoms with van der Waals surface area (Å²) in [4.78, 5) is 17.3. The van der Waals surface area contributed by atoms with Gasteiger partial charge in [0.2, 0.25) is 0 Å². The maximum Gasteiger partial charge on any atom is 0.254 e. The van der Waals surface area contributed by atoms with Crippen LogP contribution in [0.25, 0.3) is 10.8 Å². The van der Waals surface area contributed by atoms with Crippen molar-refractivity contribution in [3.8, 4) is 11.5 Å². The van der Waals surface area contributed by atoms with Gasteiger partial charge in [0.25, 0.3) is 5.91 Å². The van der Waals surface area contributed by atoms with Crippen molar-refractivity contribution in [2.45, 2.75) is 0 Å². The molecule has 1 aliphatic rings. The highest BCUT2D eigenvalue weighted by Gasteiger charge is 2.23. The predicted octanol–water partition coefficient (Wildman–Crippen LogP) is 3.69. The topological polar surface area (TPSA) is 42.0 Å². The van der Waals surface area contributed by atoms with E-state index in [1.165, 1.54) is 0 Å². The van der Waals surface area contributed by atoms with Gasteiger partial charge in [-0.25, -0.2) is 0 Å². The Labute approximate surface area is 171 Å². The molecule has 0 atom stereocenters. The van der Waals surface area contributed by atoms with Gasteiger partial charge in [-0.1, -0.05) is 36.4 Å². The summed E-state index contributed by atoms with van der Waals surface area (Å²) in [7, 11) is 1.65. The lowest BCUT2D eigenvalue weighted by atomic mass is 10.0. The predicted molar refractivity (Wildman–Crippen MR) is 115 cm³/mol. The summed E-state index contributed by atoms with van der Waals surface area (Å²) in [6.07, 6.45) is 0. The van der Waals surface area contributed by atoms with Crippen molar-refractivity contribution in [2.75, 3.05) is 46.4 Å². The SMILES string of the molecule is COc1ccc(OCCN2CCN(C(=O)c3cccc4ccccc34)CC2)cc1. The number of ether oxygens (including phenoxy) is 2. The molecule has 0 N–H and O–H groups in total. The molecule has 0 aliphatic carbocycles. The molecule has 1 aliphatic heterocycles. The van der Waals surface area contributed by atoms with Crippen LogP contribution in [0.15, 0.2) is 66.7 Å². The lowest BCUT2D eigenvalue weighted by molar-refractivity contribution is 0.0622. The third-order valence-corrected chi connectivity index (χ3v) is 5.42. The number of benzene rings is 3. The molecule has 29 heavy (non-hydrogen) atoms. The van der Waals surface area contributed by atoms with E-state index in [0.717, 1.165) is 60.6 Å². The number of hydrogen-bond donors (Lipinski definition) is 0. The third-order valence-electron chi connectivity index (χ3n) is 5.42. The number of fused-ring (bicyclic) bond motifs is 1. The first kappa shape index (κ1) is 19.3. The van der Waals surface area contributed by atoms with Crippen LogP contribution in [0, 0.1) is 0 Å². The normalized spacial score (nSPS) is 14.7. The molecule has 0 radical (unpaired) electrons. The van der Waals surface area contributed by atoms with Crippen LogP contribution in [0.1, 0.15) is 10.4 Å². The summed E-state index contributed by atoms with van der Waals surface area (Å²) in [6, 6.07) is 21.6. The quantitative estimate of drug-likeness (QED) is 0.644. The summed E-state index contributed by atoms with van der Waals surface area (Å²) < 4.78 is 11.0. The first-order valence-electron chi connectivity index (χ1n) is 10.0. The number of carbonyl (C=O) groups is 1. The number of hydrogen-bond acceptors (Lipinski definition) is 4. The zero-order valence-corrected chi connectivity index (χ0v) is 16.7. The lowest BCUT2D eigenvalue weighted by Gasteiger charge is -2.34. The Morgan fingerprint density at radius 2 is 1.55 bits per heavy atom. The fraction of sp³-hybridized carbons (Fsp3) is 0.292. The van der Waals surface area contributed by atoms with Gasteiger partial charge in [0, 0.05) is 38.3 Å². The fourth-order valence-corrected chi connectivity index (χ4v) is 3.72. The van der Waals surface area contributed by atoms with Crippen LogP contribution in [0.4, 0.5) is 0 Å². The van der Waals surface area contributed by atoms with Crippen LogP contribution in [-0.2, 0) is 0 Å². The number of carbonyl (C=O) groups excluding carboxylic acids is 1. The third kappa shape index (κ3) is 4.51. The molecular formula is C24H26N2O3. The Bertz CT molecular complexity index is 958. The van der Waals surface area contributed by atoms with Crippen molar-refractivity contribution in [3.05, 3.63) is 72.3 Å². The van der Waals surface area contributed by atoms with Crippen molar-refractivity contribution < 1.29 is 14.3 Å². The van der Waals surface area contributed by atoms with Crippen molar-refractivity contribution in [2.24, 2.45) is 0 Å². The fourth-order valence-electron chi connectivity index (χ4n) is 3.72. The van der Waals surface area contributed by atoms with Gasteiger partial charge < -0.3 is 14.4 Å². The van der Waals surface area contributed by atoms with Crippen LogP contribution in [-0.4, -0.2) is 62.1 Å². The molecule has 5 nitrogen and oxygen atoms in total. The molecule has 1 heterocycles. The molecule has 0 aromatic heterocycles. The van der Waals surface area contributed by atoms with Crippen molar-refractivity contribution >= 4 is 16.7 Å². The van der Waals surface area contributed by atoms with Gasteiger partial charge in [-0.15, -0.1) is 0 Å². The molecule has 1 saturated heterocycles. The first-order chi connectivity index (χ1) is 14.2. The Morgan fingerprint density at radius 3 is 2.31 bits per heavy atom. The van der Waals surface area contributed by atoms with Gasteiger partial charge >= 0.3 is 0 Å². The Kier molecular flexibility index (Phi) is 5.96. The van der Waals surface area contributed by atoms with E-state index >= 15 is 0 Å².